The number of hydrogen-bond acceptors (Lipinski definition) is 4. The van der Waals surface area contributed by atoms with Crippen LogP contribution in [0.3, 0.4) is 0 Å². The summed E-state index contributed by atoms with van der Waals surface area (Å²) in [6.07, 6.45) is 2.58. The lowest BCUT2D eigenvalue weighted by atomic mass is 9.76. The van der Waals surface area contributed by atoms with Crippen molar-refractivity contribution < 1.29 is 19.4 Å². The van der Waals surface area contributed by atoms with Crippen molar-refractivity contribution in [2.24, 2.45) is 0 Å². The molecule has 2 aromatic rings. The van der Waals surface area contributed by atoms with Gasteiger partial charge in [0.05, 0.1) is 6.10 Å². The summed E-state index contributed by atoms with van der Waals surface area (Å²) in [6.45, 7) is 24.0. The van der Waals surface area contributed by atoms with Crippen LogP contribution in [0.2, 0.25) is 0 Å². The number of ether oxygens (including phenoxy) is 2. The number of phenols is 1. The first-order valence-corrected chi connectivity index (χ1v) is 14.6. The Morgan fingerprint density at radius 1 is 0.872 bits per heavy atom. The summed E-state index contributed by atoms with van der Waals surface area (Å²) in [6, 6.07) is 11.8. The Hall–Kier alpha value is -2.69. The number of rotatable bonds is 13. The Morgan fingerprint density at radius 3 is 2.08 bits per heavy atom. The van der Waals surface area contributed by atoms with Gasteiger partial charge < -0.3 is 19.9 Å². The number of amides is 1. The van der Waals surface area contributed by atoms with Crippen LogP contribution in [0.4, 0.5) is 0 Å². The van der Waals surface area contributed by atoms with E-state index in [-0.39, 0.29) is 34.0 Å². The van der Waals surface area contributed by atoms with Crippen LogP contribution < -0.4 is 14.8 Å². The topological polar surface area (TPSA) is 67.8 Å². The molecule has 0 bridgehead atoms. The van der Waals surface area contributed by atoms with E-state index in [1.54, 1.807) is 12.1 Å². The van der Waals surface area contributed by atoms with Gasteiger partial charge in [0.25, 0.3) is 5.91 Å². The third-order valence-corrected chi connectivity index (χ3v) is 8.15. The lowest BCUT2D eigenvalue weighted by Crippen LogP contribution is -2.39. The molecule has 218 valence electrons. The van der Waals surface area contributed by atoms with E-state index in [9.17, 15) is 9.90 Å². The first-order chi connectivity index (χ1) is 18.1. The minimum absolute atomic E-state index is 0.0716. The Labute approximate surface area is 237 Å². The predicted molar refractivity (Wildman–Crippen MR) is 162 cm³/mol. The van der Waals surface area contributed by atoms with Crippen molar-refractivity contribution in [1.82, 2.24) is 5.32 Å². The Balaban J connectivity index is 2.06. The molecule has 39 heavy (non-hydrogen) atoms. The van der Waals surface area contributed by atoms with Gasteiger partial charge in [-0.3, -0.25) is 4.79 Å². The summed E-state index contributed by atoms with van der Waals surface area (Å²) in [5, 5.41) is 13.3. The van der Waals surface area contributed by atoms with Gasteiger partial charge in [-0.05, 0) is 72.3 Å². The van der Waals surface area contributed by atoms with Gasteiger partial charge in [-0.15, -0.1) is 0 Å². The summed E-state index contributed by atoms with van der Waals surface area (Å²) in [5.41, 5.74) is 3.11. The van der Waals surface area contributed by atoms with E-state index in [1.165, 1.54) is 5.56 Å². The van der Waals surface area contributed by atoms with E-state index in [0.717, 1.165) is 29.7 Å². The number of benzene rings is 2. The summed E-state index contributed by atoms with van der Waals surface area (Å²) in [5.74, 6) is 1.67. The molecule has 2 aromatic carbocycles. The number of carbonyl (C=O) groups is 1. The van der Waals surface area contributed by atoms with E-state index < -0.39 is 6.10 Å². The van der Waals surface area contributed by atoms with Crippen molar-refractivity contribution in [3.05, 3.63) is 53.1 Å². The van der Waals surface area contributed by atoms with Crippen molar-refractivity contribution in [2.45, 2.75) is 130 Å². The second-order valence-electron chi connectivity index (χ2n) is 13.1. The van der Waals surface area contributed by atoms with Crippen LogP contribution in [-0.4, -0.2) is 29.8 Å². The fourth-order valence-electron chi connectivity index (χ4n) is 4.45. The van der Waals surface area contributed by atoms with Gasteiger partial charge in [-0.25, -0.2) is 0 Å². The molecule has 0 fully saturated rings. The SMILES string of the molecule is CCC(Oc1ccc(C(C)(C)CC)cc1C(C)(C)CC)C(=O)NCCC(C)Oc1ccc(O)c(C(C)(C)C)c1. The van der Waals surface area contributed by atoms with Crippen LogP contribution >= 0.6 is 0 Å². The molecule has 5 heteroatoms. The Morgan fingerprint density at radius 2 is 1.51 bits per heavy atom. The van der Waals surface area contributed by atoms with Crippen LogP contribution in [0.5, 0.6) is 17.2 Å². The minimum Gasteiger partial charge on any atom is -0.508 e. The number of phenolic OH excluding ortho intramolecular Hbond substituents is 1. The lowest BCUT2D eigenvalue weighted by Gasteiger charge is -2.31. The summed E-state index contributed by atoms with van der Waals surface area (Å²) >= 11 is 0. The van der Waals surface area contributed by atoms with Gasteiger partial charge >= 0.3 is 0 Å². The first kappa shape index (κ1) is 32.5. The fourth-order valence-corrected chi connectivity index (χ4v) is 4.45. The molecule has 2 rings (SSSR count). The summed E-state index contributed by atoms with van der Waals surface area (Å²) in [7, 11) is 0. The van der Waals surface area contributed by atoms with Crippen molar-refractivity contribution in [2.75, 3.05) is 6.54 Å². The molecule has 1 amide bonds. The summed E-state index contributed by atoms with van der Waals surface area (Å²) < 4.78 is 12.5. The van der Waals surface area contributed by atoms with Crippen LogP contribution in [0.25, 0.3) is 0 Å². The molecule has 0 radical (unpaired) electrons. The number of hydrogen-bond donors (Lipinski definition) is 2. The predicted octanol–water partition coefficient (Wildman–Crippen LogP) is 8.20. The highest BCUT2D eigenvalue weighted by Gasteiger charge is 2.29. The monoisotopic (exact) mass is 539 g/mol. The third-order valence-electron chi connectivity index (χ3n) is 8.15. The maximum atomic E-state index is 13.1. The van der Waals surface area contributed by atoms with Gasteiger partial charge in [0.15, 0.2) is 6.10 Å². The zero-order valence-electron chi connectivity index (χ0n) is 26.3. The van der Waals surface area contributed by atoms with Crippen LogP contribution in [0.15, 0.2) is 36.4 Å². The molecule has 0 aliphatic rings. The highest BCUT2D eigenvalue weighted by atomic mass is 16.5. The maximum absolute atomic E-state index is 13.1. The zero-order chi connectivity index (χ0) is 29.6. The minimum atomic E-state index is -0.566. The molecule has 0 aliphatic heterocycles. The van der Waals surface area contributed by atoms with Crippen molar-refractivity contribution in [1.29, 1.82) is 0 Å². The van der Waals surface area contributed by atoms with Gasteiger partial charge in [0.2, 0.25) is 0 Å². The van der Waals surface area contributed by atoms with Crippen LogP contribution in [0, 0.1) is 0 Å². The largest absolute Gasteiger partial charge is 0.508 e. The van der Waals surface area contributed by atoms with Gasteiger partial charge in [-0.1, -0.05) is 81.4 Å². The quantitative estimate of drug-likeness (QED) is 0.269. The highest BCUT2D eigenvalue weighted by molar-refractivity contribution is 5.81. The highest BCUT2D eigenvalue weighted by Crippen LogP contribution is 2.39. The molecule has 2 N–H and O–H groups in total. The van der Waals surface area contributed by atoms with E-state index in [0.29, 0.717) is 25.1 Å². The van der Waals surface area contributed by atoms with Gasteiger partial charge in [-0.2, -0.15) is 0 Å². The van der Waals surface area contributed by atoms with Crippen LogP contribution in [0.1, 0.15) is 119 Å². The van der Waals surface area contributed by atoms with Gasteiger partial charge in [0, 0.05) is 24.1 Å². The Kier molecular flexibility index (Phi) is 10.9. The maximum Gasteiger partial charge on any atom is 0.261 e. The van der Waals surface area contributed by atoms with Gasteiger partial charge in [0.1, 0.15) is 17.2 Å². The average molecular weight is 540 g/mol. The van der Waals surface area contributed by atoms with Crippen molar-refractivity contribution in [3.63, 3.8) is 0 Å². The van der Waals surface area contributed by atoms with E-state index in [2.05, 4.69) is 85.8 Å². The molecule has 2 atom stereocenters. The molecule has 0 saturated carbocycles. The standard InChI is InChI=1S/C34H53NO4/c1-12-29(39-30-18-15-24(33(8,9)13-2)21-27(30)34(10,11)14-3)31(37)35-20-19-23(4)38-25-16-17-28(36)26(22-25)32(5,6)7/h15-18,21-23,29,36H,12-14,19-20H2,1-11H3,(H,35,37). The molecule has 0 saturated heterocycles. The molecular weight excluding hydrogens is 486 g/mol. The molecule has 0 heterocycles. The molecule has 2 unspecified atom stereocenters. The average Bonchev–Trinajstić information content (AvgIpc) is 2.87. The molecule has 0 aromatic heterocycles. The fraction of sp³-hybridized carbons (Fsp3) is 0.618. The smallest absolute Gasteiger partial charge is 0.261 e. The molecular formula is C34H53NO4. The normalized spacial score (nSPS) is 14.0. The first-order valence-electron chi connectivity index (χ1n) is 14.6. The lowest BCUT2D eigenvalue weighted by molar-refractivity contribution is -0.128. The second-order valence-corrected chi connectivity index (χ2v) is 13.1. The Bertz CT molecular complexity index is 1100. The van der Waals surface area contributed by atoms with Crippen LogP contribution in [-0.2, 0) is 21.0 Å². The number of aromatic hydroxyl groups is 1. The van der Waals surface area contributed by atoms with E-state index in [4.69, 9.17) is 9.47 Å². The third kappa shape index (κ3) is 8.65. The molecule has 0 aliphatic carbocycles. The molecule has 0 spiro atoms. The van der Waals surface area contributed by atoms with E-state index in [1.807, 2.05) is 19.9 Å². The van der Waals surface area contributed by atoms with E-state index >= 15 is 0 Å². The summed E-state index contributed by atoms with van der Waals surface area (Å²) in [4.78, 5) is 13.1. The van der Waals surface area contributed by atoms with Crippen molar-refractivity contribution >= 4 is 5.91 Å². The molecule has 5 nitrogen and oxygen atoms in total. The number of carbonyl (C=O) groups excluding carboxylic acids is 1. The second kappa shape index (κ2) is 13.1. The van der Waals surface area contributed by atoms with Crippen molar-refractivity contribution in [3.8, 4) is 17.2 Å². The zero-order valence-corrected chi connectivity index (χ0v) is 26.3. The number of nitrogens with one attached hydrogen (secondary N) is 1.